The van der Waals surface area contributed by atoms with Gasteiger partial charge >= 0.3 is 0 Å². The number of para-hydroxylation sites is 1. The van der Waals surface area contributed by atoms with Gasteiger partial charge in [0.25, 0.3) is 0 Å². The molecule has 154 valence electrons. The summed E-state index contributed by atoms with van der Waals surface area (Å²) in [4.78, 5) is 0.313. The van der Waals surface area contributed by atoms with Gasteiger partial charge in [0.2, 0.25) is 0 Å². The van der Waals surface area contributed by atoms with Crippen LogP contribution in [0.2, 0.25) is 0 Å². The molecule has 3 aromatic rings. The average Bonchev–Trinajstić information content (AvgIpc) is 3.04. The highest BCUT2D eigenvalue weighted by molar-refractivity contribution is 7.90. The highest BCUT2D eigenvalue weighted by Gasteiger charge is 2.16. The lowest BCUT2D eigenvalue weighted by Gasteiger charge is -2.13. The summed E-state index contributed by atoms with van der Waals surface area (Å²) in [6.07, 6.45) is 2.63. The van der Waals surface area contributed by atoms with Crippen molar-refractivity contribution in [1.82, 2.24) is 4.57 Å². The van der Waals surface area contributed by atoms with E-state index in [1.807, 2.05) is 30.3 Å². The molecule has 5 nitrogen and oxygen atoms in total. The van der Waals surface area contributed by atoms with Crippen LogP contribution in [0.4, 0.5) is 0 Å². The first-order chi connectivity index (χ1) is 13.9. The van der Waals surface area contributed by atoms with Crippen LogP contribution in [0.5, 0.6) is 0 Å². The lowest BCUT2D eigenvalue weighted by molar-refractivity contribution is 0.118. The Labute approximate surface area is 172 Å². The largest absolute Gasteiger partial charge is 0.396 e. The Morgan fingerprint density at radius 3 is 2.31 bits per heavy atom. The van der Waals surface area contributed by atoms with Crippen LogP contribution in [-0.4, -0.2) is 44.2 Å². The zero-order valence-electron chi connectivity index (χ0n) is 16.8. The van der Waals surface area contributed by atoms with Gasteiger partial charge in [-0.3, -0.25) is 0 Å². The number of benzene rings is 2. The predicted octanol–water partition coefficient (Wildman–Crippen LogP) is 3.80. The molecule has 0 fully saturated rings. The molecule has 0 aliphatic carbocycles. The summed E-state index contributed by atoms with van der Waals surface area (Å²) in [5.41, 5.74) is 5.33. The molecule has 0 radical (unpaired) electrons. The summed E-state index contributed by atoms with van der Waals surface area (Å²) in [7, 11) is -3.23. The van der Waals surface area contributed by atoms with E-state index in [0.717, 1.165) is 29.1 Å². The van der Waals surface area contributed by atoms with Gasteiger partial charge in [-0.15, -0.1) is 0 Å². The minimum Gasteiger partial charge on any atom is -0.396 e. The molecule has 0 saturated carbocycles. The Hall–Kier alpha value is -2.41. The fourth-order valence-electron chi connectivity index (χ4n) is 3.36. The van der Waals surface area contributed by atoms with Crippen molar-refractivity contribution in [3.63, 3.8) is 0 Å². The molecule has 29 heavy (non-hydrogen) atoms. The van der Waals surface area contributed by atoms with Crippen LogP contribution in [0.15, 0.2) is 65.6 Å². The standard InChI is InChI=1S/C23H27NO4S/c1-18-20(13-16-28-15-6-14-25)17-23(24(18)21-7-4-3-5-8-21)19-9-11-22(12-10-19)29(2,26)27/h3-5,7-12,17,25H,6,13-16H2,1-2H3. The molecule has 0 aliphatic rings. The lowest BCUT2D eigenvalue weighted by Crippen LogP contribution is -2.03. The van der Waals surface area contributed by atoms with Gasteiger partial charge in [-0.1, -0.05) is 30.3 Å². The van der Waals surface area contributed by atoms with Crippen LogP contribution in [-0.2, 0) is 21.0 Å². The molecule has 0 unspecified atom stereocenters. The molecule has 2 aromatic carbocycles. The van der Waals surface area contributed by atoms with E-state index in [1.54, 1.807) is 12.1 Å². The van der Waals surface area contributed by atoms with Gasteiger partial charge in [0, 0.05) is 30.9 Å². The molecule has 6 heteroatoms. The number of hydrogen-bond acceptors (Lipinski definition) is 4. The van der Waals surface area contributed by atoms with E-state index in [4.69, 9.17) is 9.84 Å². The number of rotatable bonds is 9. The molecule has 1 N–H and O–H groups in total. The zero-order chi connectivity index (χ0) is 20.9. The average molecular weight is 414 g/mol. The third-order valence-electron chi connectivity index (χ3n) is 4.91. The van der Waals surface area contributed by atoms with Gasteiger partial charge in [0.1, 0.15) is 0 Å². The molecular weight excluding hydrogens is 386 g/mol. The molecule has 1 aromatic heterocycles. The lowest BCUT2D eigenvalue weighted by atomic mass is 10.1. The van der Waals surface area contributed by atoms with E-state index in [2.05, 4.69) is 29.7 Å². The number of aliphatic hydroxyl groups is 1. The maximum atomic E-state index is 11.8. The van der Waals surface area contributed by atoms with E-state index < -0.39 is 9.84 Å². The molecule has 0 saturated heterocycles. The normalized spacial score (nSPS) is 11.7. The van der Waals surface area contributed by atoms with Crippen molar-refractivity contribution in [3.05, 3.63) is 71.9 Å². The second-order valence-corrected chi connectivity index (χ2v) is 9.06. The fraction of sp³-hybridized carbons (Fsp3) is 0.304. The predicted molar refractivity (Wildman–Crippen MR) is 115 cm³/mol. The Morgan fingerprint density at radius 1 is 1.00 bits per heavy atom. The fourth-order valence-corrected chi connectivity index (χ4v) is 3.99. The van der Waals surface area contributed by atoms with Crippen molar-refractivity contribution in [2.75, 3.05) is 26.1 Å². The number of ether oxygens (including phenoxy) is 1. The van der Waals surface area contributed by atoms with Crippen molar-refractivity contribution >= 4 is 9.84 Å². The second-order valence-electron chi connectivity index (χ2n) is 7.05. The first-order valence-corrected chi connectivity index (χ1v) is 11.6. The smallest absolute Gasteiger partial charge is 0.175 e. The Balaban J connectivity index is 1.97. The van der Waals surface area contributed by atoms with Crippen molar-refractivity contribution in [2.45, 2.75) is 24.7 Å². The molecule has 3 rings (SSSR count). The van der Waals surface area contributed by atoms with E-state index in [1.165, 1.54) is 11.8 Å². The molecular formula is C23H27NO4S. The van der Waals surface area contributed by atoms with Gasteiger partial charge in [-0.05, 0) is 61.2 Å². The van der Waals surface area contributed by atoms with Crippen molar-refractivity contribution in [2.24, 2.45) is 0 Å². The third kappa shape index (κ3) is 5.15. The maximum Gasteiger partial charge on any atom is 0.175 e. The van der Waals surface area contributed by atoms with Gasteiger partial charge < -0.3 is 14.4 Å². The highest BCUT2D eigenvalue weighted by Crippen LogP contribution is 2.30. The number of sulfone groups is 1. The molecule has 0 aliphatic heterocycles. The Bertz CT molecular complexity index is 1040. The molecule has 0 spiro atoms. The van der Waals surface area contributed by atoms with E-state index in [-0.39, 0.29) is 6.61 Å². The number of aromatic nitrogens is 1. The maximum absolute atomic E-state index is 11.8. The van der Waals surface area contributed by atoms with E-state index in [9.17, 15) is 8.42 Å². The number of hydrogen-bond donors (Lipinski definition) is 1. The highest BCUT2D eigenvalue weighted by atomic mass is 32.2. The van der Waals surface area contributed by atoms with Crippen molar-refractivity contribution < 1.29 is 18.3 Å². The molecule has 0 atom stereocenters. The summed E-state index contributed by atoms with van der Waals surface area (Å²) >= 11 is 0. The third-order valence-corrected chi connectivity index (χ3v) is 6.04. The van der Waals surface area contributed by atoms with Crippen LogP contribution in [0.3, 0.4) is 0 Å². The van der Waals surface area contributed by atoms with Crippen LogP contribution < -0.4 is 0 Å². The summed E-state index contributed by atoms with van der Waals surface area (Å²) in [5.74, 6) is 0. The van der Waals surface area contributed by atoms with Gasteiger partial charge in [-0.25, -0.2) is 8.42 Å². The number of nitrogens with zero attached hydrogens (tertiary/aromatic N) is 1. The first-order valence-electron chi connectivity index (χ1n) is 9.67. The van der Waals surface area contributed by atoms with Crippen molar-refractivity contribution in [1.29, 1.82) is 0 Å². The SMILES string of the molecule is Cc1c(CCOCCCO)cc(-c2ccc(S(C)(=O)=O)cc2)n1-c1ccccc1. The molecule has 0 amide bonds. The van der Waals surface area contributed by atoms with Crippen LogP contribution in [0, 0.1) is 6.92 Å². The van der Waals surface area contributed by atoms with Crippen LogP contribution in [0.25, 0.3) is 16.9 Å². The van der Waals surface area contributed by atoms with Gasteiger partial charge in [0.15, 0.2) is 9.84 Å². The topological polar surface area (TPSA) is 68.5 Å². The van der Waals surface area contributed by atoms with E-state index >= 15 is 0 Å². The zero-order valence-corrected chi connectivity index (χ0v) is 17.7. The second kappa shape index (κ2) is 9.39. The quantitative estimate of drug-likeness (QED) is 0.542. The summed E-state index contributed by atoms with van der Waals surface area (Å²) in [6.45, 7) is 3.36. The van der Waals surface area contributed by atoms with Gasteiger partial charge in [0.05, 0.1) is 17.2 Å². The first kappa shape index (κ1) is 21.3. The van der Waals surface area contributed by atoms with Crippen LogP contribution >= 0.6 is 0 Å². The van der Waals surface area contributed by atoms with Crippen molar-refractivity contribution in [3.8, 4) is 16.9 Å². The van der Waals surface area contributed by atoms with Crippen LogP contribution in [0.1, 0.15) is 17.7 Å². The summed E-state index contributed by atoms with van der Waals surface area (Å²) in [6, 6.07) is 19.3. The molecule has 0 bridgehead atoms. The number of aliphatic hydroxyl groups excluding tert-OH is 1. The minimum absolute atomic E-state index is 0.136. The van der Waals surface area contributed by atoms with Gasteiger partial charge in [-0.2, -0.15) is 0 Å². The summed E-state index contributed by atoms with van der Waals surface area (Å²) < 4.78 is 31.4. The Kier molecular flexibility index (Phi) is 6.90. The monoisotopic (exact) mass is 413 g/mol. The minimum atomic E-state index is -3.23. The summed E-state index contributed by atoms with van der Waals surface area (Å²) in [5, 5.41) is 8.87. The van der Waals surface area contributed by atoms with E-state index in [0.29, 0.717) is 24.5 Å². The molecule has 1 heterocycles. The Morgan fingerprint density at radius 2 is 1.69 bits per heavy atom.